The predicted octanol–water partition coefficient (Wildman–Crippen LogP) is 2.35. The van der Waals surface area contributed by atoms with Gasteiger partial charge in [-0.1, -0.05) is 12.1 Å². The molecular formula is C16H17NO5. The van der Waals surface area contributed by atoms with Crippen LogP contribution in [0.4, 0.5) is 0 Å². The molecule has 1 unspecified atom stereocenters. The number of carboxylic acids is 1. The minimum absolute atomic E-state index is 0.0186. The average molecular weight is 303 g/mol. The molecule has 0 radical (unpaired) electrons. The van der Waals surface area contributed by atoms with E-state index in [1.54, 1.807) is 7.11 Å². The summed E-state index contributed by atoms with van der Waals surface area (Å²) in [5.74, 6) is -1.17. The normalized spacial score (nSPS) is 11.7. The fourth-order valence-electron chi connectivity index (χ4n) is 2.07. The lowest BCUT2D eigenvalue weighted by Crippen LogP contribution is -2.33. The summed E-state index contributed by atoms with van der Waals surface area (Å²) in [7, 11) is 1.60. The Bertz CT molecular complexity index is 677. The molecule has 6 heteroatoms. The molecule has 6 nitrogen and oxygen atoms in total. The maximum atomic E-state index is 12.0. The molecule has 0 spiro atoms. The van der Waals surface area contributed by atoms with Crippen LogP contribution in [0.5, 0.6) is 5.75 Å². The van der Waals surface area contributed by atoms with Gasteiger partial charge in [0.05, 0.1) is 7.11 Å². The van der Waals surface area contributed by atoms with Crippen LogP contribution in [0.1, 0.15) is 33.6 Å². The van der Waals surface area contributed by atoms with Crippen LogP contribution < -0.4 is 10.1 Å². The summed E-state index contributed by atoms with van der Waals surface area (Å²) in [5, 5.41) is 11.5. The molecule has 2 rings (SSSR count). The molecule has 1 atom stereocenters. The smallest absolute Gasteiger partial charge is 0.371 e. The summed E-state index contributed by atoms with van der Waals surface area (Å²) in [4.78, 5) is 22.7. The van der Waals surface area contributed by atoms with Crippen LogP contribution in [-0.2, 0) is 6.42 Å². The van der Waals surface area contributed by atoms with Gasteiger partial charge in [0.25, 0.3) is 5.91 Å². The lowest BCUT2D eigenvalue weighted by molar-refractivity contribution is 0.0659. The van der Waals surface area contributed by atoms with Crippen molar-refractivity contribution in [2.75, 3.05) is 7.11 Å². The molecule has 1 amide bonds. The predicted molar refractivity (Wildman–Crippen MR) is 79.3 cm³/mol. The number of carboxylic acid groups (broad SMARTS) is 1. The topological polar surface area (TPSA) is 88.8 Å². The molecule has 1 heterocycles. The Kier molecular flexibility index (Phi) is 4.83. The van der Waals surface area contributed by atoms with Crippen molar-refractivity contribution in [1.29, 1.82) is 0 Å². The van der Waals surface area contributed by atoms with Gasteiger partial charge in [-0.15, -0.1) is 0 Å². The van der Waals surface area contributed by atoms with Crippen LogP contribution in [0, 0.1) is 0 Å². The molecule has 0 aliphatic carbocycles. The van der Waals surface area contributed by atoms with Gasteiger partial charge >= 0.3 is 5.97 Å². The van der Waals surface area contributed by atoms with Gasteiger partial charge in [-0.2, -0.15) is 0 Å². The zero-order valence-electron chi connectivity index (χ0n) is 12.3. The van der Waals surface area contributed by atoms with Crippen LogP contribution in [0.2, 0.25) is 0 Å². The molecule has 0 fully saturated rings. The van der Waals surface area contributed by atoms with Crippen molar-refractivity contribution in [1.82, 2.24) is 5.32 Å². The lowest BCUT2D eigenvalue weighted by atomic mass is 10.1. The van der Waals surface area contributed by atoms with Crippen LogP contribution in [-0.4, -0.2) is 30.1 Å². The molecular weight excluding hydrogens is 286 g/mol. The van der Waals surface area contributed by atoms with Crippen molar-refractivity contribution < 1.29 is 23.8 Å². The highest BCUT2D eigenvalue weighted by Crippen LogP contribution is 2.14. The van der Waals surface area contributed by atoms with Gasteiger partial charge in [0.1, 0.15) is 5.75 Å². The van der Waals surface area contributed by atoms with Crippen molar-refractivity contribution in [3.05, 3.63) is 53.5 Å². The van der Waals surface area contributed by atoms with Crippen LogP contribution in [0.15, 0.2) is 40.8 Å². The number of amides is 1. The number of nitrogens with one attached hydrogen (secondary N) is 1. The molecule has 22 heavy (non-hydrogen) atoms. The fraction of sp³-hybridized carbons (Fsp3) is 0.250. The van der Waals surface area contributed by atoms with E-state index in [0.29, 0.717) is 6.42 Å². The first-order valence-corrected chi connectivity index (χ1v) is 6.76. The van der Waals surface area contributed by atoms with E-state index in [1.807, 2.05) is 31.2 Å². The summed E-state index contributed by atoms with van der Waals surface area (Å²) in [6, 6.07) is 10.0. The standard InChI is InChI=1S/C16H17NO5/c1-10(8-11-4-3-5-12(9-11)21-2)17-15(18)13-6-7-14(22-13)16(19)20/h3-7,9-10H,8H2,1-2H3,(H,17,18)(H,19,20). The van der Waals surface area contributed by atoms with E-state index in [9.17, 15) is 9.59 Å². The second-order valence-corrected chi connectivity index (χ2v) is 4.90. The summed E-state index contributed by atoms with van der Waals surface area (Å²) in [6.07, 6.45) is 0.620. The van der Waals surface area contributed by atoms with Crippen molar-refractivity contribution in [2.45, 2.75) is 19.4 Å². The number of methoxy groups -OCH3 is 1. The first-order chi connectivity index (χ1) is 10.5. The average Bonchev–Trinajstić information content (AvgIpc) is 2.97. The molecule has 1 aromatic carbocycles. The van der Waals surface area contributed by atoms with Crippen molar-refractivity contribution in [3.63, 3.8) is 0 Å². The van der Waals surface area contributed by atoms with Gasteiger partial charge in [-0.3, -0.25) is 4.79 Å². The third-order valence-corrected chi connectivity index (χ3v) is 3.09. The molecule has 0 saturated heterocycles. The number of carbonyl (C=O) groups is 2. The Hall–Kier alpha value is -2.76. The Morgan fingerprint density at radius 2 is 2.00 bits per heavy atom. The Morgan fingerprint density at radius 1 is 1.27 bits per heavy atom. The zero-order chi connectivity index (χ0) is 16.1. The van der Waals surface area contributed by atoms with Crippen LogP contribution >= 0.6 is 0 Å². The minimum atomic E-state index is -1.21. The van der Waals surface area contributed by atoms with E-state index >= 15 is 0 Å². The van der Waals surface area contributed by atoms with E-state index in [2.05, 4.69) is 5.32 Å². The Balaban J connectivity index is 1.96. The Labute approximate surface area is 127 Å². The van der Waals surface area contributed by atoms with E-state index < -0.39 is 11.9 Å². The van der Waals surface area contributed by atoms with E-state index in [4.69, 9.17) is 14.3 Å². The molecule has 0 bridgehead atoms. The third-order valence-electron chi connectivity index (χ3n) is 3.09. The first-order valence-electron chi connectivity index (χ1n) is 6.76. The summed E-state index contributed by atoms with van der Waals surface area (Å²) >= 11 is 0. The largest absolute Gasteiger partial charge is 0.497 e. The monoisotopic (exact) mass is 303 g/mol. The van der Waals surface area contributed by atoms with Crippen molar-refractivity contribution >= 4 is 11.9 Å². The quantitative estimate of drug-likeness (QED) is 0.855. The van der Waals surface area contributed by atoms with Gasteiger partial charge in [0.15, 0.2) is 5.76 Å². The number of aromatic carboxylic acids is 1. The first kappa shape index (κ1) is 15.6. The number of carbonyl (C=O) groups excluding carboxylic acids is 1. The van der Waals surface area contributed by atoms with Gasteiger partial charge in [0, 0.05) is 6.04 Å². The molecule has 0 saturated carbocycles. The molecule has 0 aliphatic rings. The fourth-order valence-corrected chi connectivity index (χ4v) is 2.07. The van der Waals surface area contributed by atoms with Gasteiger partial charge in [-0.05, 0) is 43.2 Å². The third kappa shape index (κ3) is 3.88. The van der Waals surface area contributed by atoms with E-state index in [0.717, 1.165) is 11.3 Å². The maximum absolute atomic E-state index is 12.0. The molecule has 1 aromatic heterocycles. The number of hydrogen-bond donors (Lipinski definition) is 2. The Morgan fingerprint density at radius 3 is 2.64 bits per heavy atom. The zero-order valence-corrected chi connectivity index (χ0v) is 12.3. The summed E-state index contributed by atoms with van der Waals surface area (Å²) in [5.41, 5.74) is 1.03. The second-order valence-electron chi connectivity index (χ2n) is 4.90. The van der Waals surface area contributed by atoms with Crippen LogP contribution in [0.25, 0.3) is 0 Å². The van der Waals surface area contributed by atoms with Crippen molar-refractivity contribution in [3.8, 4) is 5.75 Å². The van der Waals surface area contributed by atoms with Crippen molar-refractivity contribution in [2.24, 2.45) is 0 Å². The summed E-state index contributed by atoms with van der Waals surface area (Å²) in [6.45, 7) is 1.86. The van der Waals surface area contributed by atoms with Gasteiger partial charge in [0.2, 0.25) is 5.76 Å². The molecule has 116 valence electrons. The SMILES string of the molecule is COc1cccc(CC(C)NC(=O)c2ccc(C(=O)O)o2)c1. The van der Waals surface area contributed by atoms with Crippen LogP contribution in [0.3, 0.4) is 0 Å². The molecule has 2 N–H and O–H groups in total. The number of ether oxygens (including phenoxy) is 1. The number of hydrogen-bond acceptors (Lipinski definition) is 4. The van der Waals surface area contributed by atoms with E-state index in [-0.39, 0.29) is 17.6 Å². The highest BCUT2D eigenvalue weighted by Gasteiger charge is 2.16. The second kappa shape index (κ2) is 6.80. The van der Waals surface area contributed by atoms with Gasteiger partial charge < -0.3 is 19.6 Å². The lowest BCUT2D eigenvalue weighted by Gasteiger charge is -2.13. The van der Waals surface area contributed by atoms with Gasteiger partial charge in [-0.25, -0.2) is 4.79 Å². The number of rotatable bonds is 6. The maximum Gasteiger partial charge on any atom is 0.371 e. The number of furan rings is 1. The molecule has 0 aliphatic heterocycles. The highest BCUT2D eigenvalue weighted by molar-refractivity contribution is 5.93. The minimum Gasteiger partial charge on any atom is -0.497 e. The van der Waals surface area contributed by atoms with E-state index in [1.165, 1.54) is 12.1 Å². The molecule has 2 aromatic rings. The summed E-state index contributed by atoms with van der Waals surface area (Å²) < 4.78 is 10.1. The number of benzene rings is 1. The highest BCUT2D eigenvalue weighted by atomic mass is 16.5.